The van der Waals surface area contributed by atoms with Gasteiger partial charge in [-0.15, -0.1) is 0 Å². The smallest absolute Gasteiger partial charge is 0.324 e. The third-order valence-corrected chi connectivity index (χ3v) is 5.72. The Balaban J connectivity index is 1.79. The van der Waals surface area contributed by atoms with Crippen LogP contribution in [-0.4, -0.2) is 73.7 Å². The lowest BCUT2D eigenvalue weighted by Crippen LogP contribution is -2.52. The van der Waals surface area contributed by atoms with Gasteiger partial charge in [0.25, 0.3) is 5.91 Å². The number of halogens is 4. The van der Waals surface area contributed by atoms with Gasteiger partial charge >= 0.3 is 12.5 Å². The van der Waals surface area contributed by atoms with E-state index in [-0.39, 0.29) is 23.7 Å². The lowest BCUT2D eigenvalue weighted by Gasteiger charge is -2.36. The number of anilines is 1. The molecule has 0 atom stereocenters. The van der Waals surface area contributed by atoms with Crippen molar-refractivity contribution in [3.63, 3.8) is 0 Å². The Kier molecular flexibility index (Phi) is 8.51. The maximum atomic E-state index is 14.9. The molecular weight excluding hydrogens is 473 g/mol. The number of carbonyl (C=O) groups is 3. The van der Waals surface area contributed by atoms with Crippen LogP contribution in [0.15, 0.2) is 42.5 Å². The molecule has 11 heteroatoms. The second-order valence-corrected chi connectivity index (χ2v) is 8.32. The highest BCUT2D eigenvalue weighted by Gasteiger charge is 2.26. The van der Waals surface area contributed by atoms with Crippen LogP contribution in [0.4, 0.5) is 23.7 Å². The van der Waals surface area contributed by atoms with Gasteiger partial charge in [-0.25, -0.2) is 9.18 Å². The minimum atomic E-state index is -3.25. The van der Waals surface area contributed by atoms with Gasteiger partial charge in [0.1, 0.15) is 5.82 Å². The zero-order valence-electron chi connectivity index (χ0n) is 18.4. The molecule has 1 fully saturated rings. The van der Waals surface area contributed by atoms with E-state index in [1.165, 1.54) is 17.0 Å². The van der Waals surface area contributed by atoms with E-state index in [1.807, 2.05) is 7.05 Å². The molecular formula is C23H24ClF3N4O3. The molecule has 34 heavy (non-hydrogen) atoms. The summed E-state index contributed by atoms with van der Waals surface area (Å²) in [6.45, 7) is 1.70. The summed E-state index contributed by atoms with van der Waals surface area (Å²) in [5, 5.41) is 2.28. The topological polar surface area (TPSA) is 73.0 Å². The van der Waals surface area contributed by atoms with Crippen molar-refractivity contribution >= 4 is 35.0 Å². The van der Waals surface area contributed by atoms with E-state index in [9.17, 15) is 27.6 Å². The van der Waals surface area contributed by atoms with Gasteiger partial charge in [-0.3, -0.25) is 14.5 Å². The Morgan fingerprint density at radius 2 is 1.71 bits per heavy atom. The molecule has 0 saturated carbocycles. The second kappa shape index (κ2) is 11.3. The van der Waals surface area contributed by atoms with E-state index in [4.69, 9.17) is 11.6 Å². The second-order valence-electron chi connectivity index (χ2n) is 7.88. The van der Waals surface area contributed by atoms with Crippen LogP contribution in [0.3, 0.4) is 0 Å². The van der Waals surface area contributed by atoms with E-state index < -0.39 is 30.5 Å². The summed E-state index contributed by atoms with van der Waals surface area (Å²) in [5.74, 6) is -3.04. The number of likely N-dealkylation sites (N-methyl/N-ethyl adjacent to an activating group) is 1. The molecule has 0 radical (unpaired) electrons. The minimum absolute atomic E-state index is 0.0840. The van der Waals surface area contributed by atoms with Crippen molar-refractivity contribution in [2.75, 3.05) is 44.7 Å². The van der Waals surface area contributed by atoms with Crippen molar-refractivity contribution in [3.8, 4) is 0 Å². The largest absolute Gasteiger partial charge is 0.344 e. The third kappa shape index (κ3) is 6.48. The Labute approximate surface area is 200 Å². The number of hydrogen-bond acceptors (Lipinski definition) is 4. The molecule has 2 aromatic rings. The maximum Gasteiger partial charge on any atom is 0.324 e. The van der Waals surface area contributed by atoms with Crippen molar-refractivity contribution < 1.29 is 27.6 Å². The first-order valence-electron chi connectivity index (χ1n) is 10.5. The van der Waals surface area contributed by atoms with Crippen LogP contribution >= 0.6 is 11.6 Å². The maximum absolute atomic E-state index is 14.9. The summed E-state index contributed by atoms with van der Waals surface area (Å²) in [5.41, 5.74) is 0.604. The standard InChI is InChI=1S/C23H24ClF3N4O3/c1-29-8-10-30(11-9-29)23(34)31(18-6-4-17(24)5-7-18)14-16-3-2-15(12-19(16)25)20(32)13-28-22(33)21(26)27/h2-7,12,21H,8-11,13-14H2,1H3,(H,28,33). The number of hydrogen-bond donors (Lipinski definition) is 1. The quantitative estimate of drug-likeness (QED) is 0.596. The molecule has 1 saturated heterocycles. The fourth-order valence-electron chi connectivity index (χ4n) is 3.42. The van der Waals surface area contributed by atoms with Crippen LogP contribution in [-0.2, 0) is 11.3 Å². The van der Waals surface area contributed by atoms with Crippen LogP contribution < -0.4 is 10.2 Å². The third-order valence-electron chi connectivity index (χ3n) is 5.47. The zero-order chi connectivity index (χ0) is 24.8. The molecule has 1 aliphatic heterocycles. The monoisotopic (exact) mass is 496 g/mol. The number of nitrogens with one attached hydrogen (secondary N) is 1. The lowest BCUT2D eigenvalue weighted by atomic mass is 10.1. The number of ketones is 1. The summed E-state index contributed by atoms with van der Waals surface area (Å²) in [6, 6.07) is 9.96. The summed E-state index contributed by atoms with van der Waals surface area (Å²) < 4.78 is 39.4. The van der Waals surface area contributed by atoms with Gasteiger partial charge in [0.2, 0.25) is 0 Å². The number of rotatable bonds is 7. The Morgan fingerprint density at radius 1 is 1.06 bits per heavy atom. The van der Waals surface area contributed by atoms with Gasteiger partial charge in [-0.05, 0) is 37.4 Å². The van der Waals surface area contributed by atoms with E-state index in [2.05, 4.69) is 4.90 Å². The van der Waals surface area contributed by atoms with E-state index in [1.54, 1.807) is 34.5 Å². The number of benzene rings is 2. The van der Waals surface area contributed by atoms with Crippen molar-refractivity contribution in [1.29, 1.82) is 0 Å². The summed E-state index contributed by atoms with van der Waals surface area (Å²) >= 11 is 5.98. The van der Waals surface area contributed by atoms with Crippen LogP contribution in [0.1, 0.15) is 15.9 Å². The average Bonchev–Trinajstić information content (AvgIpc) is 2.82. The highest BCUT2D eigenvalue weighted by molar-refractivity contribution is 6.30. The molecule has 0 aliphatic carbocycles. The Hall–Kier alpha value is -3.11. The summed E-state index contributed by atoms with van der Waals surface area (Å²) in [6.07, 6.45) is -3.25. The molecule has 1 N–H and O–H groups in total. The molecule has 3 amide bonds. The average molecular weight is 497 g/mol. The number of Topliss-reactive ketones (excluding diaryl/α,β-unsaturated/α-hetero) is 1. The highest BCUT2D eigenvalue weighted by Crippen LogP contribution is 2.24. The molecule has 2 aromatic carbocycles. The number of carbonyl (C=O) groups excluding carboxylic acids is 3. The molecule has 7 nitrogen and oxygen atoms in total. The number of nitrogens with zero attached hydrogens (tertiary/aromatic N) is 3. The first kappa shape index (κ1) is 25.5. The fourth-order valence-corrected chi connectivity index (χ4v) is 3.55. The van der Waals surface area contributed by atoms with Crippen molar-refractivity contribution in [1.82, 2.24) is 15.1 Å². The van der Waals surface area contributed by atoms with Gasteiger partial charge in [-0.2, -0.15) is 8.78 Å². The first-order chi connectivity index (χ1) is 16.2. The fraction of sp³-hybridized carbons (Fsp3) is 0.348. The van der Waals surface area contributed by atoms with E-state index in [0.29, 0.717) is 36.9 Å². The zero-order valence-corrected chi connectivity index (χ0v) is 19.2. The van der Waals surface area contributed by atoms with E-state index in [0.717, 1.165) is 6.07 Å². The van der Waals surface area contributed by atoms with Crippen molar-refractivity contribution in [2.24, 2.45) is 0 Å². The van der Waals surface area contributed by atoms with E-state index >= 15 is 0 Å². The van der Waals surface area contributed by atoms with Gasteiger partial charge < -0.3 is 15.1 Å². The first-order valence-corrected chi connectivity index (χ1v) is 10.9. The Morgan fingerprint density at radius 3 is 2.29 bits per heavy atom. The molecule has 1 heterocycles. The lowest BCUT2D eigenvalue weighted by molar-refractivity contribution is -0.131. The highest BCUT2D eigenvalue weighted by atomic mass is 35.5. The van der Waals surface area contributed by atoms with Gasteiger partial charge in [0.05, 0.1) is 13.1 Å². The van der Waals surface area contributed by atoms with Gasteiger partial charge in [0, 0.05) is 48.0 Å². The molecule has 3 rings (SSSR count). The normalized spacial score (nSPS) is 14.2. The van der Waals surface area contributed by atoms with Crippen molar-refractivity contribution in [3.05, 3.63) is 64.4 Å². The summed E-state index contributed by atoms with van der Waals surface area (Å²) in [7, 11) is 1.97. The predicted octanol–water partition coefficient (Wildman–Crippen LogP) is 3.42. The molecule has 0 bridgehead atoms. The summed E-state index contributed by atoms with van der Waals surface area (Å²) in [4.78, 5) is 41.6. The number of amides is 3. The van der Waals surface area contributed by atoms with Crippen LogP contribution in [0.2, 0.25) is 5.02 Å². The van der Waals surface area contributed by atoms with Crippen molar-refractivity contribution in [2.45, 2.75) is 13.0 Å². The van der Waals surface area contributed by atoms with Crippen LogP contribution in [0, 0.1) is 5.82 Å². The predicted molar refractivity (Wildman–Crippen MR) is 122 cm³/mol. The van der Waals surface area contributed by atoms with Crippen LogP contribution in [0.5, 0.6) is 0 Å². The molecule has 1 aliphatic rings. The minimum Gasteiger partial charge on any atom is -0.344 e. The van der Waals surface area contributed by atoms with Crippen LogP contribution in [0.25, 0.3) is 0 Å². The Bertz CT molecular complexity index is 1040. The molecule has 0 aromatic heterocycles. The molecule has 182 valence electrons. The van der Waals surface area contributed by atoms with Gasteiger partial charge in [-0.1, -0.05) is 23.7 Å². The number of piperazine rings is 1. The number of urea groups is 1. The number of alkyl halides is 2. The SMILES string of the molecule is CN1CCN(C(=O)N(Cc2ccc(C(=O)CNC(=O)C(F)F)cc2F)c2ccc(Cl)cc2)CC1. The van der Waals surface area contributed by atoms with Gasteiger partial charge in [0.15, 0.2) is 5.78 Å². The molecule has 0 unspecified atom stereocenters. The molecule has 0 spiro atoms.